The van der Waals surface area contributed by atoms with Crippen molar-refractivity contribution in [3.8, 4) is 0 Å². The Labute approximate surface area is 108 Å². The van der Waals surface area contributed by atoms with Crippen molar-refractivity contribution < 1.29 is 9.53 Å². The predicted molar refractivity (Wildman–Crippen MR) is 68.8 cm³/mol. The molecule has 0 unspecified atom stereocenters. The van der Waals surface area contributed by atoms with Gasteiger partial charge in [0.15, 0.2) is 0 Å². The number of aromatic nitrogens is 3. The van der Waals surface area contributed by atoms with Crippen LogP contribution in [0.25, 0.3) is 0 Å². The molecule has 0 aliphatic carbocycles. The van der Waals surface area contributed by atoms with Gasteiger partial charge in [-0.15, -0.1) is 5.10 Å². The van der Waals surface area contributed by atoms with Crippen LogP contribution in [-0.4, -0.2) is 27.3 Å². The van der Waals surface area contributed by atoms with Gasteiger partial charge in [0.25, 0.3) is 0 Å². The highest BCUT2D eigenvalue weighted by Gasteiger charge is 2.05. The van der Waals surface area contributed by atoms with Crippen LogP contribution in [0.3, 0.4) is 0 Å². The first-order chi connectivity index (χ1) is 8.72. The molecule has 0 spiro atoms. The molecule has 0 saturated heterocycles. The zero-order chi connectivity index (χ0) is 13.2. The van der Waals surface area contributed by atoms with E-state index < -0.39 is 0 Å². The molecular weight excluding hydrogens is 232 g/mol. The molecule has 1 aromatic heterocycles. The van der Waals surface area contributed by atoms with Crippen LogP contribution in [0.1, 0.15) is 45.4 Å². The Morgan fingerprint density at radius 2 is 2.06 bits per heavy atom. The number of hydrogen-bond acceptors (Lipinski definition) is 5. The quantitative estimate of drug-likeness (QED) is 0.536. The molecule has 0 fully saturated rings. The minimum atomic E-state index is -0.298. The number of rotatable bonds is 9. The number of nitrogens with two attached hydrogens (primary N) is 1. The van der Waals surface area contributed by atoms with Crippen LogP contribution in [0.4, 0.5) is 5.95 Å². The standard InChI is InChI=1S/C12H22N4O2/c1-2-3-4-5-6-7-8-18-11(17)9-16-10-14-12(13)15-16/h10H,2-9H2,1H3,(H2,13,15). The van der Waals surface area contributed by atoms with E-state index in [1.165, 1.54) is 36.7 Å². The molecule has 0 aliphatic heterocycles. The molecule has 0 saturated carbocycles. The third-order valence-electron chi connectivity index (χ3n) is 2.61. The molecule has 1 aromatic rings. The summed E-state index contributed by atoms with van der Waals surface area (Å²) in [5.74, 6) is -0.132. The topological polar surface area (TPSA) is 83.0 Å². The Kier molecular flexibility index (Phi) is 6.83. The van der Waals surface area contributed by atoms with Crippen molar-refractivity contribution in [1.29, 1.82) is 0 Å². The van der Waals surface area contributed by atoms with E-state index in [4.69, 9.17) is 10.5 Å². The van der Waals surface area contributed by atoms with Gasteiger partial charge in [0, 0.05) is 0 Å². The number of nitrogen functional groups attached to an aromatic ring is 1. The highest BCUT2D eigenvalue weighted by molar-refractivity contribution is 5.68. The Morgan fingerprint density at radius 1 is 1.33 bits per heavy atom. The number of unbranched alkanes of at least 4 members (excludes halogenated alkanes) is 5. The Balaban J connectivity index is 2.00. The van der Waals surface area contributed by atoms with Gasteiger partial charge < -0.3 is 10.5 Å². The van der Waals surface area contributed by atoms with E-state index in [1.807, 2.05) is 0 Å². The van der Waals surface area contributed by atoms with Crippen LogP contribution in [0.2, 0.25) is 0 Å². The van der Waals surface area contributed by atoms with E-state index >= 15 is 0 Å². The molecule has 2 N–H and O–H groups in total. The van der Waals surface area contributed by atoms with Gasteiger partial charge in [-0.3, -0.25) is 4.79 Å². The van der Waals surface area contributed by atoms with Crippen LogP contribution in [0.5, 0.6) is 0 Å². The van der Waals surface area contributed by atoms with Crippen molar-refractivity contribution in [3.05, 3.63) is 6.33 Å². The number of esters is 1. The number of ether oxygens (including phenoxy) is 1. The lowest BCUT2D eigenvalue weighted by molar-refractivity contribution is -0.144. The predicted octanol–water partition coefficient (Wildman–Crippen LogP) is 1.76. The summed E-state index contributed by atoms with van der Waals surface area (Å²) < 4.78 is 6.47. The molecule has 6 nitrogen and oxygen atoms in total. The third kappa shape index (κ3) is 6.22. The summed E-state index contributed by atoms with van der Waals surface area (Å²) in [6.07, 6.45) is 8.47. The molecule has 1 rings (SSSR count). The average Bonchev–Trinajstić information content (AvgIpc) is 2.73. The van der Waals surface area contributed by atoms with Crippen LogP contribution >= 0.6 is 0 Å². The lowest BCUT2D eigenvalue weighted by Crippen LogP contribution is -2.14. The first-order valence-electron chi connectivity index (χ1n) is 6.53. The maximum Gasteiger partial charge on any atom is 0.327 e. The Morgan fingerprint density at radius 3 is 2.72 bits per heavy atom. The van der Waals surface area contributed by atoms with Crippen molar-refractivity contribution in [3.63, 3.8) is 0 Å². The molecule has 6 heteroatoms. The molecule has 0 atom stereocenters. The van der Waals surface area contributed by atoms with E-state index in [0.717, 1.165) is 12.8 Å². The summed E-state index contributed by atoms with van der Waals surface area (Å²) >= 11 is 0. The van der Waals surface area contributed by atoms with E-state index in [-0.39, 0.29) is 18.5 Å². The van der Waals surface area contributed by atoms with Gasteiger partial charge in [-0.1, -0.05) is 39.0 Å². The van der Waals surface area contributed by atoms with Gasteiger partial charge >= 0.3 is 5.97 Å². The minimum absolute atomic E-state index is 0.0695. The summed E-state index contributed by atoms with van der Waals surface area (Å²) in [6, 6.07) is 0. The van der Waals surface area contributed by atoms with Crippen molar-refractivity contribution in [2.24, 2.45) is 0 Å². The third-order valence-corrected chi connectivity index (χ3v) is 2.61. The van der Waals surface area contributed by atoms with Gasteiger partial charge in [0.1, 0.15) is 12.9 Å². The summed E-state index contributed by atoms with van der Waals surface area (Å²) in [7, 11) is 0. The van der Waals surface area contributed by atoms with E-state index in [1.54, 1.807) is 0 Å². The summed E-state index contributed by atoms with van der Waals surface area (Å²) in [5.41, 5.74) is 5.34. The molecule has 0 radical (unpaired) electrons. The maximum absolute atomic E-state index is 11.4. The first-order valence-corrected chi connectivity index (χ1v) is 6.53. The number of carbonyl (C=O) groups excluding carboxylic acids is 1. The van der Waals surface area contributed by atoms with E-state index in [2.05, 4.69) is 17.0 Å². The zero-order valence-electron chi connectivity index (χ0n) is 11.0. The second kappa shape index (κ2) is 8.49. The Bertz CT molecular complexity index is 352. The maximum atomic E-state index is 11.4. The summed E-state index contributed by atoms with van der Waals surface area (Å²) in [5, 5.41) is 3.81. The fraction of sp³-hybridized carbons (Fsp3) is 0.750. The van der Waals surface area contributed by atoms with Gasteiger partial charge in [-0.25, -0.2) is 9.67 Å². The molecule has 102 valence electrons. The molecule has 0 amide bonds. The second-order valence-corrected chi connectivity index (χ2v) is 4.29. The van der Waals surface area contributed by atoms with Gasteiger partial charge in [-0.05, 0) is 6.42 Å². The number of carbonyl (C=O) groups is 1. The summed E-state index contributed by atoms with van der Waals surface area (Å²) in [6.45, 7) is 2.74. The fourth-order valence-electron chi connectivity index (χ4n) is 1.63. The van der Waals surface area contributed by atoms with Gasteiger partial charge in [0.05, 0.1) is 6.61 Å². The molecule has 0 aromatic carbocycles. The number of hydrogen-bond donors (Lipinski definition) is 1. The Hall–Kier alpha value is -1.59. The van der Waals surface area contributed by atoms with Crippen molar-refractivity contribution in [2.45, 2.75) is 52.0 Å². The number of anilines is 1. The highest BCUT2D eigenvalue weighted by Crippen LogP contribution is 2.05. The van der Waals surface area contributed by atoms with E-state index in [9.17, 15) is 4.79 Å². The van der Waals surface area contributed by atoms with Crippen LogP contribution in [-0.2, 0) is 16.1 Å². The van der Waals surface area contributed by atoms with Gasteiger partial charge in [-0.2, -0.15) is 0 Å². The lowest BCUT2D eigenvalue weighted by atomic mass is 10.1. The number of nitrogens with zero attached hydrogens (tertiary/aromatic N) is 3. The first kappa shape index (κ1) is 14.5. The molecule has 1 heterocycles. The molecular formula is C12H22N4O2. The molecule has 0 bridgehead atoms. The minimum Gasteiger partial charge on any atom is -0.464 e. The summed E-state index contributed by atoms with van der Waals surface area (Å²) in [4.78, 5) is 15.1. The van der Waals surface area contributed by atoms with Crippen molar-refractivity contribution in [2.75, 3.05) is 12.3 Å². The van der Waals surface area contributed by atoms with E-state index in [0.29, 0.717) is 6.61 Å². The zero-order valence-corrected chi connectivity index (χ0v) is 11.0. The largest absolute Gasteiger partial charge is 0.464 e. The van der Waals surface area contributed by atoms with Crippen LogP contribution in [0.15, 0.2) is 6.33 Å². The second-order valence-electron chi connectivity index (χ2n) is 4.29. The van der Waals surface area contributed by atoms with Crippen LogP contribution in [0, 0.1) is 0 Å². The SMILES string of the molecule is CCCCCCCCOC(=O)Cn1cnc(N)n1. The van der Waals surface area contributed by atoms with Crippen molar-refractivity contribution in [1.82, 2.24) is 14.8 Å². The fourth-order valence-corrected chi connectivity index (χ4v) is 1.63. The highest BCUT2D eigenvalue weighted by atomic mass is 16.5. The monoisotopic (exact) mass is 254 g/mol. The average molecular weight is 254 g/mol. The van der Waals surface area contributed by atoms with Gasteiger partial charge in [0.2, 0.25) is 5.95 Å². The van der Waals surface area contributed by atoms with Crippen LogP contribution < -0.4 is 5.73 Å². The molecule has 18 heavy (non-hydrogen) atoms. The molecule has 0 aliphatic rings. The van der Waals surface area contributed by atoms with Crippen molar-refractivity contribution >= 4 is 11.9 Å². The lowest BCUT2D eigenvalue weighted by Gasteiger charge is -2.04. The smallest absolute Gasteiger partial charge is 0.327 e. The normalized spacial score (nSPS) is 10.5.